The molecule has 0 bridgehead atoms. The average Bonchev–Trinajstić information content (AvgIpc) is 2.42. The van der Waals surface area contributed by atoms with Gasteiger partial charge >= 0.3 is 0 Å². The lowest BCUT2D eigenvalue weighted by Crippen LogP contribution is -2.42. The number of halogens is 2. The number of rotatable bonds is 5. The van der Waals surface area contributed by atoms with Gasteiger partial charge in [-0.05, 0) is 73.6 Å². The van der Waals surface area contributed by atoms with Crippen LogP contribution in [0.2, 0.25) is 0 Å². The lowest BCUT2D eigenvalue weighted by Gasteiger charge is -2.32. The molecule has 1 atom stereocenters. The number of hydrogen-bond acceptors (Lipinski definition) is 3. The first-order valence-corrected chi connectivity index (χ1v) is 8.18. The highest BCUT2D eigenvalue weighted by molar-refractivity contribution is 14.1. The maximum absolute atomic E-state index is 12.1. The van der Waals surface area contributed by atoms with Crippen molar-refractivity contribution in [3.05, 3.63) is 27.8 Å². The number of nitrogens with one attached hydrogen (secondary N) is 2. The minimum Gasteiger partial charge on any atom is -0.324 e. The van der Waals surface area contributed by atoms with Gasteiger partial charge in [0.2, 0.25) is 5.91 Å². The first-order valence-electron chi connectivity index (χ1n) is 7.10. The molecule has 2 rings (SSSR count). The SMILES string of the molecule is CNCC1CCCN(CC(=O)Nc2ccccc2I)C1.Cl. The molecule has 0 radical (unpaired) electrons. The van der Waals surface area contributed by atoms with Crippen LogP contribution in [0.4, 0.5) is 5.69 Å². The van der Waals surface area contributed by atoms with Gasteiger partial charge in [-0.25, -0.2) is 0 Å². The normalized spacial score (nSPS) is 18.9. The van der Waals surface area contributed by atoms with Crippen molar-refractivity contribution in [3.63, 3.8) is 0 Å². The van der Waals surface area contributed by atoms with Crippen LogP contribution >= 0.6 is 35.0 Å². The molecule has 1 fully saturated rings. The molecule has 0 spiro atoms. The number of amides is 1. The molecule has 21 heavy (non-hydrogen) atoms. The van der Waals surface area contributed by atoms with Crippen molar-refractivity contribution in [1.29, 1.82) is 0 Å². The molecule has 4 nitrogen and oxygen atoms in total. The van der Waals surface area contributed by atoms with Crippen molar-refractivity contribution < 1.29 is 4.79 Å². The number of hydrogen-bond donors (Lipinski definition) is 2. The Hall–Kier alpha value is -0.370. The Bertz CT molecular complexity index is 456. The summed E-state index contributed by atoms with van der Waals surface area (Å²) in [6, 6.07) is 7.87. The third kappa shape index (κ3) is 6.10. The Kier molecular flexibility index (Phi) is 8.55. The van der Waals surface area contributed by atoms with Crippen LogP contribution in [-0.4, -0.2) is 44.0 Å². The fourth-order valence-corrected chi connectivity index (χ4v) is 3.23. The van der Waals surface area contributed by atoms with Crippen molar-refractivity contribution in [2.75, 3.05) is 38.5 Å². The molecular formula is C15H23ClIN3O. The van der Waals surface area contributed by atoms with Gasteiger partial charge in [-0.1, -0.05) is 12.1 Å². The molecule has 1 aliphatic rings. The van der Waals surface area contributed by atoms with Crippen molar-refractivity contribution in [3.8, 4) is 0 Å². The van der Waals surface area contributed by atoms with Crippen LogP contribution in [0, 0.1) is 9.49 Å². The Labute approximate surface area is 146 Å². The zero-order valence-corrected chi connectivity index (χ0v) is 15.2. The largest absolute Gasteiger partial charge is 0.324 e. The second-order valence-corrected chi connectivity index (χ2v) is 6.49. The molecule has 118 valence electrons. The molecule has 0 aromatic heterocycles. The zero-order chi connectivity index (χ0) is 14.4. The van der Waals surface area contributed by atoms with E-state index in [2.05, 4.69) is 38.1 Å². The third-order valence-electron chi connectivity index (χ3n) is 3.61. The second-order valence-electron chi connectivity index (χ2n) is 5.33. The number of carbonyl (C=O) groups is 1. The molecule has 1 unspecified atom stereocenters. The molecule has 6 heteroatoms. The van der Waals surface area contributed by atoms with Crippen LogP contribution < -0.4 is 10.6 Å². The fraction of sp³-hybridized carbons (Fsp3) is 0.533. The molecule has 1 saturated heterocycles. The Morgan fingerprint density at radius 3 is 2.90 bits per heavy atom. The molecular weight excluding hydrogens is 401 g/mol. The van der Waals surface area contributed by atoms with Crippen molar-refractivity contribution in [2.24, 2.45) is 5.92 Å². The van der Waals surface area contributed by atoms with Crippen LogP contribution in [0.15, 0.2) is 24.3 Å². The van der Waals surface area contributed by atoms with Crippen LogP contribution in [-0.2, 0) is 4.79 Å². The minimum atomic E-state index is 0. The van der Waals surface area contributed by atoms with Crippen molar-refractivity contribution in [2.45, 2.75) is 12.8 Å². The van der Waals surface area contributed by atoms with E-state index in [1.807, 2.05) is 31.3 Å². The van der Waals surface area contributed by atoms with E-state index in [4.69, 9.17) is 0 Å². The number of anilines is 1. The van der Waals surface area contributed by atoms with E-state index in [0.29, 0.717) is 12.5 Å². The summed E-state index contributed by atoms with van der Waals surface area (Å²) in [6.07, 6.45) is 2.44. The highest BCUT2D eigenvalue weighted by atomic mass is 127. The van der Waals surface area contributed by atoms with E-state index >= 15 is 0 Å². The lowest BCUT2D eigenvalue weighted by atomic mass is 9.98. The number of nitrogens with zero attached hydrogens (tertiary/aromatic N) is 1. The summed E-state index contributed by atoms with van der Waals surface area (Å²) < 4.78 is 1.07. The Balaban J connectivity index is 0.00000220. The highest BCUT2D eigenvalue weighted by Crippen LogP contribution is 2.18. The van der Waals surface area contributed by atoms with E-state index in [0.717, 1.165) is 28.9 Å². The van der Waals surface area contributed by atoms with E-state index in [9.17, 15) is 4.79 Å². The van der Waals surface area contributed by atoms with Crippen molar-refractivity contribution in [1.82, 2.24) is 10.2 Å². The number of para-hydroxylation sites is 1. The Morgan fingerprint density at radius 1 is 1.43 bits per heavy atom. The maximum Gasteiger partial charge on any atom is 0.238 e. The molecule has 0 saturated carbocycles. The van der Waals surface area contributed by atoms with Gasteiger partial charge in [-0.15, -0.1) is 12.4 Å². The number of likely N-dealkylation sites (tertiary alicyclic amines) is 1. The smallest absolute Gasteiger partial charge is 0.238 e. The van der Waals surface area contributed by atoms with E-state index in [-0.39, 0.29) is 18.3 Å². The van der Waals surface area contributed by atoms with Gasteiger partial charge in [0.05, 0.1) is 12.2 Å². The van der Waals surface area contributed by atoms with Gasteiger partial charge in [0.15, 0.2) is 0 Å². The van der Waals surface area contributed by atoms with Gasteiger partial charge in [-0.3, -0.25) is 9.69 Å². The maximum atomic E-state index is 12.1. The standard InChI is InChI=1S/C15H22IN3O.ClH/c1-17-9-12-5-4-8-19(10-12)11-15(20)18-14-7-3-2-6-13(14)16;/h2-3,6-7,12,17H,4-5,8-11H2,1H3,(H,18,20);1H. The number of benzene rings is 1. The summed E-state index contributed by atoms with van der Waals surface area (Å²) in [6.45, 7) is 3.57. The monoisotopic (exact) mass is 423 g/mol. The summed E-state index contributed by atoms with van der Waals surface area (Å²) in [5.41, 5.74) is 0.905. The second kappa shape index (κ2) is 9.61. The highest BCUT2D eigenvalue weighted by Gasteiger charge is 2.21. The zero-order valence-electron chi connectivity index (χ0n) is 12.3. The van der Waals surface area contributed by atoms with Crippen LogP contribution in [0.1, 0.15) is 12.8 Å². The summed E-state index contributed by atoms with van der Waals surface area (Å²) in [7, 11) is 1.99. The molecule has 1 amide bonds. The predicted molar refractivity (Wildman–Crippen MR) is 98.1 cm³/mol. The van der Waals surface area contributed by atoms with Gasteiger partial charge in [0.25, 0.3) is 0 Å². The van der Waals surface area contributed by atoms with E-state index < -0.39 is 0 Å². The van der Waals surface area contributed by atoms with E-state index in [1.165, 1.54) is 12.8 Å². The topological polar surface area (TPSA) is 44.4 Å². The van der Waals surface area contributed by atoms with E-state index in [1.54, 1.807) is 0 Å². The summed E-state index contributed by atoms with van der Waals surface area (Å²) in [5, 5.41) is 6.23. The van der Waals surface area contributed by atoms with Gasteiger partial charge in [-0.2, -0.15) is 0 Å². The molecule has 1 aromatic rings. The van der Waals surface area contributed by atoms with Gasteiger partial charge < -0.3 is 10.6 Å². The summed E-state index contributed by atoms with van der Waals surface area (Å²) >= 11 is 2.24. The van der Waals surface area contributed by atoms with Crippen LogP contribution in [0.5, 0.6) is 0 Å². The van der Waals surface area contributed by atoms with Crippen molar-refractivity contribution >= 4 is 46.6 Å². The number of piperidine rings is 1. The first-order chi connectivity index (χ1) is 9.69. The third-order valence-corrected chi connectivity index (χ3v) is 4.55. The predicted octanol–water partition coefficient (Wildman–Crippen LogP) is 2.58. The van der Waals surface area contributed by atoms with Gasteiger partial charge in [0.1, 0.15) is 0 Å². The number of carbonyl (C=O) groups excluding carboxylic acids is 1. The minimum absolute atomic E-state index is 0. The summed E-state index contributed by atoms with van der Waals surface area (Å²) in [5.74, 6) is 0.748. The Morgan fingerprint density at radius 2 is 2.19 bits per heavy atom. The lowest BCUT2D eigenvalue weighted by molar-refractivity contribution is -0.117. The molecule has 0 aliphatic carbocycles. The summed E-state index contributed by atoms with van der Waals surface area (Å²) in [4.78, 5) is 14.4. The average molecular weight is 424 g/mol. The fourth-order valence-electron chi connectivity index (χ4n) is 2.71. The molecule has 2 N–H and O–H groups in total. The molecule has 1 aliphatic heterocycles. The molecule has 1 aromatic carbocycles. The van der Waals surface area contributed by atoms with Crippen LogP contribution in [0.3, 0.4) is 0 Å². The first kappa shape index (κ1) is 18.7. The van der Waals surface area contributed by atoms with Crippen LogP contribution in [0.25, 0.3) is 0 Å². The quantitative estimate of drug-likeness (QED) is 0.716. The molecule has 1 heterocycles. The van der Waals surface area contributed by atoms with Gasteiger partial charge in [0, 0.05) is 10.1 Å².